The van der Waals surface area contributed by atoms with Crippen LogP contribution in [0, 0.1) is 0 Å². The van der Waals surface area contributed by atoms with Crippen molar-refractivity contribution in [1.82, 2.24) is 0 Å². The zero-order valence-electron chi connectivity index (χ0n) is 19.7. The molecule has 176 valence electrons. The van der Waals surface area contributed by atoms with Crippen LogP contribution in [0.2, 0.25) is 0 Å². The molecule has 4 nitrogen and oxygen atoms in total. The fourth-order valence-corrected chi connectivity index (χ4v) is 4.75. The van der Waals surface area contributed by atoms with Crippen molar-refractivity contribution in [2.75, 3.05) is 6.61 Å². The topological polar surface area (TPSA) is 65.5 Å². The Morgan fingerprint density at radius 2 is 1.69 bits per heavy atom. The van der Waals surface area contributed by atoms with Gasteiger partial charge in [0.05, 0.1) is 18.4 Å². The number of nitrogens with two attached hydrogens (primary N) is 1. The predicted octanol–water partition coefficient (Wildman–Crippen LogP) is 6.49. The number of benzene rings is 4. The normalized spacial score (nSPS) is 14.7. The molecule has 35 heavy (non-hydrogen) atoms. The highest BCUT2D eigenvalue weighted by atomic mass is 16.5. The maximum Gasteiger partial charge on any atom is 0.341 e. The van der Waals surface area contributed by atoms with Crippen LogP contribution in [-0.4, -0.2) is 18.6 Å². The number of carbonyl (C=O) groups excluding carboxylic acids is 1. The highest BCUT2D eigenvalue weighted by Crippen LogP contribution is 2.32. The first-order chi connectivity index (χ1) is 17.2. The number of ether oxygens (including phenoxy) is 1. The standard InChI is InChI=1S/C18H17N.C13H12O3/c19-14-8-5-13-7-9-16-15-4-2-1-3-12(15)6-10-17(16)18(13)11-14;14-13(12-7-8-15-10-12)16-9-6-11-4-2-1-3-5-11/h1-4,6-7,9-10,14H,5,8,11,19H2;1-5,7-8,10H,6,9H2. The maximum absolute atomic E-state index is 11.4. The molecule has 0 fully saturated rings. The summed E-state index contributed by atoms with van der Waals surface area (Å²) in [5.74, 6) is -0.343. The van der Waals surface area contributed by atoms with Gasteiger partial charge in [-0.1, -0.05) is 78.9 Å². The summed E-state index contributed by atoms with van der Waals surface area (Å²) >= 11 is 0. The number of esters is 1. The third-order valence-electron chi connectivity index (χ3n) is 6.61. The molecule has 1 aliphatic rings. The van der Waals surface area contributed by atoms with Gasteiger partial charge < -0.3 is 14.9 Å². The second-order valence-corrected chi connectivity index (χ2v) is 8.97. The Labute approximate surface area is 205 Å². The Morgan fingerprint density at radius 3 is 2.51 bits per heavy atom. The largest absolute Gasteiger partial charge is 0.472 e. The van der Waals surface area contributed by atoms with E-state index < -0.39 is 0 Å². The quantitative estimate of drug-likeness (QED) is 0.244. The van der Waals surface area contributed by atoms with Gasteiger partial charge in [-0.2, -0.15) is 0 Å². The van der Waals surface area contributed by atoms with E-state index in [1.807, 2.05) is 30.3 Å². The van der Waals surface area contributed by atoms with E-state index in [2.05, 4.69) is 48.5 Å². The van der Waals surface area contributed by atoms with E-state index in [1.165, 1.54) is 45.2 Å². The molecule has 1 aromatic heterocycles. The van der Waals surface area contributed by atoms with Crippen molar-refractivity contribution in [2.24, 2.45) is 5.73 Å². The summed E-state index contributed by atoms with van der Waals surface area (Å²) in [6, 6.07) is 29.5. The Balaban J connectivity index is 0.000000148. The first-order valence-electron chi connectivity index (χ1n) is 12.1. The fraction of sp³-hybridized carbons (Fsp3) is 0.194. The van der Waals surface area contributed by atoms with Crippen molar-refractivity contribution < 1.29 is 13.9 Å². The predicted molar refractivity (Wildman–Crippen MR) is 141 cm³/mol. The summed E-state index contributed by atoms with van der Waals surface area (Å²) in [5, 5.41) is 5.43. The smallest absolute Gasteiger partial charge is 0.341 e. The molecule has 1 unspecified atom stereocenters. The number of hydrogen-bond acceptors (Lipinski definition) is 4. The van der Waals surface area contributed by atoms with Crippen LogP contribution in [0.1, 0.15) is 33.5 Å². The second-order valence-electron chi connectivity index (χ2n) is 8.97. The van der Waals surface area contributed by atoms with Crippen LogP contribution in [0.3, 0.4) is 0 Å². The number of aryl methyl sites for hydroxylation is 1. The average Bonchev–Trinajstić information content (AvgIpc) is 3.45. The third-order valence-corrected chi connectivity index (χ3v) is 6.61. The highest BCUT2D eigenvalue weighted by molar-refractivity contribution is 6.08. The summed E-state index contributed by atoms with van der Waals surface area (Å²) in [7, 11) is 0. The molecule has 1 atom stereocenters. The van der Waals surface area contributed by atoms with E-state index in [-0.39, 0.29) is 5.97 Å². The molecule has 0 saturated heterocycles. The van der Waals surface area contributed by atoms with E-state index in [0.717, 1.165) is 31.2 Å². The van der Waals surface area contributed by atoms with Gasteiger partial charge in [-0.25, -0.2) is 4.79 Å². The molecule has 0 radical (unpaired) electrons. The second kappa shape index (κ2) is 10.6. The van der Waals surface area contributed by atoms with Crippen LogP contribution in [0.4, 0.5) is 0 Å². The van der Waals surface area contributed by atoms with Crippen LogP contribution in [-0.2, 0) is 24.0 Å². The van der Waals surface area contributed by atoms with E-state index in [9.17, 15) is 4.79 Å². The monoisotopic (exact) mass is 463 g/mol. The number of hydrogen-bond donors (Lipinski definition) is 1. The SMILES string of the molecule is NC1CCc2ccc3c(ccc4ccccc43)c2C1.O=C(OCCc1ccccc1)c1ccoc1. The molecule has 0 aliphatic heterocycles. The van der Waals surface area contributed by atoms with Crippen LogP contribution < -0.4 is 5.73 Å². The Bertz CT molecular complexity index is 1420. The van der Waals surface area contributed by atoms with Crippen LogP contribution in [0.15, 0.2) is 102 Å². The summed E-state index contributed by atoms with van der Waals surface area (Å²) in [4.78, 5) is 11.4. The summed E-state index contributed by atoms with van der Waals surface area (Å²) in [6.07, 6.45) is 6.82. The molecule has 4 aromatic carbocycles. The average molecular weight is 464 g/mol. The molecular formula is C31H29NO3. The molecule has 2 N–H and O–H groups in total. The van der Waals surface area contributed by atoms with Crippen LogP contribution >= 0.6 is 0 Å². The number of rotatable bonds is 4. The number of carbonyl (C=O) groups is 1. The summed E-state index contributed by atoms with van der Waals surface area (Å²) < 4.78 is 9.89. The molecule has 0 bridgehead atoms. The van der Waals surface area contributed by atoms with Crippen LogP contribution in [0.25, 0.3) is 21.5 Å². The first-order valence-corrected chi connectivity index (χ1v) is 12.1. The van der Waals surface area contributed by atoms with E-state index in [4.69, 9.17) is 14.9 Å². The van der Waals surface area contributed by atoms with Crippen molar-refractivity contribution in [2.45, 2.75) is 31.7 Å². The molecular weight excluding hydrogens is 434 g/mol. The minimum absolute atomic E-state index is 0.324. The van der Waals surface area contributed by atoms with E-state index in [1.54, 1.807) is 6.07 Å². The summed E-state index contributed by atoms with van der Waals surface area (Å²) in [5.41, 5.74) is 10.7. The minimum Gasteiger partial charge on any atom is -0.472 e. The first kappa shape index (κ1) is 22.9. The number of furan rings is 1. The van der Waals surface area contributed by atoms with E-state index >= 15 is 0 Å². The van der Waals surface area contributed by atoms with Gasteiger partial charge in [-0.15, -0.1) is 0 Å². The van der Waals surface area contributed by atoms with Gasteiger partial charge in [0.1, 0.15) is 6.26 Å². The van der Waals surface area contributed by atoms with Gasteiger partial charge in [0.2, 0.25) is 0 Å². The van der Waals surface area contributed by atoms with Gasteiger partial charge in [0, 0.05) is 12.5 Å². The van der Waals surface area contributed by atoms with Gasteiger partial charge in [0.15, 0.2) is 0 Å². The van der Waals surface area contributed by atoms with Gasteiger partial charge in [-0.05, 0) is 63.6 Å². The summed E-state index contributed by atoms with van der Waals surface area (Å²) in [6.45, 7) is 0.383. The maximum atomic E-state index is 11.4. The Hall–Kier alpha value is -3.89. The third kappa shape index (κ3) is 5.28. The fourth-order valence-electron chi connectivity index (χ4n) is 4.75. The van der Waals surface area contributed by atoms with E-state index in [0.29, 0.717) is 18.2 Å². The lowest BCUT2D eigenvalue weighted by Crippen LogP contribution is -2.27. The Morgan fingerprint density at radius 1 is 0.886 bits per heavy atom. The molecule has 0 spiro atoms. The molecule has 4 heteroatoms. The Kier molecular flexibility index (Phi) is 6.92. The molecule has 5 aromatic rings. The van der Waals surface area contributed by atoms with Crippen molar-refractivity contribution in [3.8, 4) is 0 Å². The lowest BCUT2D eigenvalue weighted by Gasteiger charge is -2.23. The van der Waals surface area contributed by atoms with Gasteiger partial charge in [0.25, 0.3) is 0 Å². The molecule has 1 aliphatic carbocycles. The lowest BCUT2D eigenvalue weighted by atomic mass is 9.84. The zero-order valence-corrected chi connectivity index (χ0v) is 19.7. The number of fused-ring (bicyclic) bond motifs is 5. The van der Waals surface area contributed by atoms with Crippen molar-refractivity contribution in [3.05, 3.63) is 120 Å². The molecule has 1 heterocycles. The van der Waals surface area contributed by atoms with Crippen LogP contribution in [0.5, 0.6) is 0 Å². The van der Waals surface area contributed by atoms with Gasteiger partial charge in [-0.3, -0.25) is 0 Å². The molecule has 0 amide bonds. The van der Waals surface area contributed by atoms with Crippen molar-refractivity contribution >= 4 is 27.5 Å². The molecule has 6 rings (SSSR count). The lowest BCUT2D eigenvalue weighted by molar-refractivity contribution is 0.0508. The minimum atomic E-state index is -0.343. The van der Waals surface area contributed by atoms with Crippen molar-refractivity contribution in [3.63, 3.8) is 0 Å². The zero-order chi connectivity index (χ0) is 24.0. The molecule has 0 saturated carbocycles. The van der Waals surface area contributed by atoms with Crippen molar-refractivity contribution in [1.29, 1.82) is 0 Å². The highest BCUT2D eigenvalue weighted by Gasteiger charge is 2.18. The van der Waals surface area contributed by atoms with Gasteiger partial charge >= 0.3 is 5.97 Å².